The first-order valence-electron chi connectivity index (χ1n) is 22.3. The van der Waals surface area contributed by atoms with Gasteiger partial charge in [-0.05, 0) is 139 Å². The first kappa shape index (κ1) is 40.4. The number of fused-ring (bicyclic) bond motifs is 9. The zero-order chi connectivity index (χ0) is 44.7. The number of benzene rings is 6. The number of ether oxygens (including phenoxy) is 4. The Hall–Kier alpha value is -8.43. The van der Waals surface area contributed by atoms with Crippen molar-refractivity contribution in [2.24, 2.45) is 9.98 Å². The zero-order valence-electron chi connectivity index (χ0n) is 36.6. The number of nitrogens with zero attached hydrogens (tertiary/aromatic N) is 2. The molecular formula is C57H44N4O5. The predicted octanol–water partition coefficient (Wildman–Crippen LogP) is 13.0. The fourth-order valence-electron chi connectivity index (χ4n) is 9.18. The Morgan fingerprint density at radius 3 is 1.77 bits per heavy atom. The van der Waals surface area contributed by atoms with E-state index in [2.05, 4.69) is 70.7 Å². The van der Waals surface area contributed by atoms with Crippen LogP contribution in [0.3, 0.4) is 0 Å². The number of aromatic amines is 2. The van der Waals surface area contributed by atoms with E-state index in [1.807, 2.05) is 112 Å². The topological polar surface area (TPSA) is 110 Å². The molecule has 0 amide bonds. The van der Waals surface area contributed by atoms with Crippen LogP contribution in [0.5, 0.6) is 23.0 Å². The van der Waals surface area contributed by atoms with Crippen LogP contribution >= 0.6 is 0 Å². The third-order valence-corrected chi connectivity index (χ3v) is 12.0. The molecule has 3 aliphatic heterocycles. The average molecular weight is 865 g/mol. The maximum absolute atomic E-state index is 14.4. The van der Waals surface area contributed by atoms with Gasteiger partial charge >= 0.3 is 5.97 Å². The number of allylic oxidation sites excluding steroid dienone is 5. The van der Waals surface area contributed by atoms with Gasteiger partial charge in [0.2, 0.25) is 0 Å². The lowest BCUT2D eigenvalue weighted by Crippen LogP contribution is -2.10. The van der Waals surface area contributed by atoms with Crippen molar-refractivity contribution >= 4 is 50.2 Å². The van der Waals surface area contributed by atoms with Gasteiger partial charge < -0.3 is 28.9 Å². The van der Waals surface area contributed by atoms with Crippen LogP contribution in [0.15, 0.2) is 185 Å². The molecule has 8 aromatic rings. The molecular weight excluding hydrogens is 821 g/mol. The highest BCUT2D eigenvalue weighted by atomic mass is 16.5. The van der Waals surface area contributed by atoms with Crippen molar-refractivity contribution < 1.29 is 23.7 Å². The van der Waals surface area contributed by atoms with Gasteiger partial charge in [0.25, 0.3) is 0 Å². The summed E-state index contributed by atoms with van der Waals surface area (Å²) in [5.41, 5.74) is 12.7. The van der Waals surface area contributed by atoms with E-state index < -0.39 is 5.97 Å². The molecule has 0 aliphatic carbocycles. The van der Waals surface area contributed by atoms with Gasteiger partial charge in [-0.25, -0.2) is 14.8 Å². The molecule has 0 fully saturated rings. The third-order valence-electron chi connectivity index (χ3n) is 12.0. The first-order chi connectivity index (χ1) is 32.5. The van der Waals surface area contributed by atoms with E-state index in [1.165, 1.54) is 0 Å². The molecule has 3 aliphatic rings. The largest absolute Gasteiger partial charge is 0.494 e. The Morgan fingerprint density at radius 2 is 1.09 bits per heavy atom. The molecule has 0 atom stereocenters. The van der Waals surface area contributed by atoms with Crippen LogP contribution in [0.1, 0.15) is 53.6 Å². The minimum absolute atomic E-state index is 0.365. The van der Waals surface area contributed by atoms with Crippen LogP contribution in [0, 0.1) is 0 Å². The van der Waals surface area contributed by atoms with Crippen molar-refractivity contribution in [3.8, 4) is 45.4 Å². The van der Waals surface area contributed by atoms with E-state index in [-0.39, 0.29) is 0 Å². The van der Waals surface area contributed by atoms with E-state index >= 15 is 0 Å². The third kappa shape index (κ3) is 7.11. The Labute approximate surface area is 381 Å². The Kier molecular flexibility index (Phi) is 10.4. The van der Waals surface area contributed by atoms with Crippen LogP contribution in [0.25, 0.3) is 55.2 Å². The second-order valence-corrected chi connectivity index (χ2v) is 16.0. The lowest BCUT2D eigenvalue weighted by atomic mass is 9.89. The highest BCUT2D eigenvalue weighted by Gasteiger charge is 2.31. The lowest BCUT2D eigenvalue weighted by molar-refractivity contribution is 0.0736. The van der Waals surface area contributed by atoms with E-state index in [1.54, 1.807) is 12.1 Å². The van der Waals surface area contributed by atoms with E-state index in [0.717, 1.165) is 101 Å². The number of carbonyl (C=O) groups excluding carboxylic acids is 1. The molecule has 0 unspecified atom stereocenters. The van der Waals surface area contributed by atoms with Gasteiger partial charge in [0.1, 0.15) is 22.9 Å². The number of nitrogens with one attached hydrogen (secondary N) is 2. The zero-order valence-corrected chi connectivity index (χ0v) is 36.6. The molecule has 2 aromatic heterocycles. The minimum atomic E-state index is -0.491. The molecule has 0 saturated heterocycles. The fourth-order valence-corrected chi connectivity index (χ4v) is 9.18. The van der Waals surface area contributed by atoms with Crippen molar-refractivity contribution in [2.75, 3.05) is 19.8 Å². The molecule has 66 heavy (non-hydrogen) atoms. The Balaban J connectivity index is 1.27. The molecule has 0 spiro atoms. The van der Waals surface area contributed by atoms with Gasteiger partial charge in [-0.2, -0.15) is 0 Å². The summed E-state index contributed by atoms with van der Waals surface area (Å²) in [5.74, 6) is 2.16. The quantitative estimate of drug-likeness (QED) is 0.126. The Morgan fingerprint density at radius 1 is 0.515 bits per heavy atom. The minimum Gasteiger partial charge on any atom is -0.494 e. The summed E-state index contributed by atoms with van der Waals surface area (Å²) in [6.07, 6.45) is 8.10. The summed E-state index contributed by atoms with van der Waals surface area (Å²) >= 11 is 0. The number of aromatic nitrogens is 2. The van der Waals surface area contributed by atoms with E-state index in [0.29, 0.717) is 48.2 Å². The number of H-pyrrole nitrogens is 2. The van der Waals surface area contributed by atoms with Gasteiger partial charge in [-0.1, -0.05) is 72.8 Å². The molecule has 5 heterocycles. The monoisotopic (exact) mass is 864 g/mol. The number of hydrogen-bond acceptors (Lipinski definition) is 7. The number of esters is 1. The van der Waals surface area contributed by atoms with Gasteiger partial charge in [-0.3, -0.25) is 0 Å². The molecule has 0 saturated carbocycles. The standard InChI is InChI=1S/C57H44N4O5/c1-4-63-38-21-17-35(18-22-38)50-43-27-28-44(58-43)51(36-19-23-39(24-20-36)64-5-2)46-31-32-48(60-46)54-56(66-57(62)37-15-11-8-12-16-37)53-49(34-13-9-7-10-14-34)42-33-40(65-6-3)25-26-41(42)52(55(53)61-54)47-30-29-45(50)59-47/h7-33,59,61H,4-6H2,1-3H3. The van der Waals surface area contributed by atoms with Gasteiger partial charge in [-0.15, -0.1) is 0 Å². The summed E-state index contributed by atoms with van der Waals surface area (Å²) in [7, 11) is 0. The highest BCUT2D eigenvalue weighted by molar-refractivity contribution is 6.33. The van der Waals surface area contributed by atoms with Crippen molar-refractivity contribution in [1.82, 2.24) is 9.97 Å². The molecule has 322 valence electrons. The number of carbonyl (C=O) groups is 1. The Bertz CT molecular complexity index is 3400. The SMILES string of the molecule is CCOc1ccc(C2=C3C=CC(=N3)c3[nH]c4c(c5ccc(OCC)cc5c(-c5ccccc5)c4c3OC(=O)c3ccccc3)-c3ccc([nH]3)C(c3ccc(OCC)cc3)=C3C=CC2=N3)cc1. The smallest absolute Gasteiger partial charge is 0.343 e. The summed E-state index contributed by atoms with van der Waals surface area (Å²) < 4.78 is 24.6. The van der Waals surface area contributed by atoms with E-state index in [9.17, 15) is 4.79 Å². The highest BCUT2D eigenvalue weighted by Crippen LogP contribution is 2.50. The van der Waals surface area contributed by atoms with Crippen LogP contribution in [0.2, 0.25) is 0 Å². The van der Waals surface area contributed by atoms with Gasteiger partial charge in [0, 0.05) is 33.7 Å². The van der Waals surface area contributed by atoms with Crippen molar-refractivity contribution in [3.63, 3.8) is 0 Å². The van der Waals surface area contributed by atoms with Crippen LogP contribution in [-0.2, 0) is 0 Å². The molecule has 9 heteroatoms. The molecule has 2 N–H and O–H groups in total. The van der Waals surface area contributed by atoms with Gasteiger partial charge in [0.15, 0.2) is 5.75 Å². The second kappa shape index (κ2) is 16.9. The van der Waals surface area contributed by atoms with Crippen molar-refractivity contribution in [2.45, 2.75) is 20.8 Å². The molecule has 6 aromatic carbocycles. The van der Waals surface area contributed by atoms with Crippen molar-refractivity contribution in [3.05, 3.63) is 203 Å². The molecule has 11 rings (SSSR count). The number of hydrogen-bond donors (Lipinski definition) is 2. The first-order valence-corrected chi connectivity index (χ1v) is 22.3. The normalized spacial score (nSPS) is 13.9. The number of rotatable bonds is 11. The van der Waals surface area contributed by atoms with Crippen molar-refractivity contribution in [1.29, 1.82) is 0 Å². The van der Waals surface area contributed by atoms with Gasteiger partial charge in [0.05, 0.1) is 59.1 Å². The maximum atomic E-state index is 14.4. The lowest BCUT2D eigenvalue weighted by Gasteiger charge is -2.17. The summed E-state index contributed by atoms with van der Waals surface area (Å²) in [4.78, 5) is 32.9. The number of aliphatic imine (C=N–C) groups is 2. The summed E-state index contributed by atoms with van der Waals surface area (Å²) in [6, 6.07) is 45.9. The molecule has 0 radical (unpaired) electrons. The summed E-state index contributed by atoms with van der Waals surface area (Å²) in [6.45, 7) is 7.56. The average Bonchev–Trinajstić information content (AvgIpc) is 4.19. The molecule has 8 bridgehead atoms. The summed E-state index contributed by atoms with van der Waals surface area (Å²) in [5, 5.41) is 2.63. The van der Waals surface area contributed by atoms with E-state index in [4.69, 9.17) is 28.9 Å². The van der Waals surface area contributed by atoms with Crippen LogP contribution in [-0.4, -0.2) is 47.2 Å². The maximum Gasteiger partial charge on any atom is 0.343 e. The molecule has 9 nitrogen and oxygen atoms in total. The predicted molar refractivity (Wildman–Crippen MR) is 264 cm³/mol. The fraction of sp³-hybridized carbons (Fsp3) is 0.105. The second-order valence-electron chi connectivity index (χ2n) is 16.0. The van der Waals surface area contributed by atoms with Crippen LogP contribution in [0.4, 0.5) is 0 Å². The van der Waals surface area contributed by atoms with Crippen LogP contribution < -0.4 is 18.9 Å².